The Morgan fingerprint density at radius 2 is 1.71 bits per heavy atom. The second kappa shape index (κ2) is 6.64. The molecular formula is C15H14BrClFNO2. The maximum atomic E-state index is 14.2. The SMILES string of the molecule is COc1cc(F)c(C(N)c2ccc(Br)cc2Cl)cc1OC. The fourth-order valence-corrected chi connectivity index (χ4v) is 2.82. The minimum Gasteiger partial charge on any atom is -0.493 e. The van der Waals surface area contributed by atoms with Gasteiger partial charge in [-0.05, 0) is 23.8 Å². The van der Waals surface area contributed by atoms with E-state index >= 15 is 0 Å². The number of ether oxygens (including phenoxy) is 2. The van der Waals surface area contributed by atoms with Gasteiger partial charge in [-0.15, -0.1) is 0 Å². The zero-order chi connectivity index (χ0) is 15.6. The second-order valence-electron chi connectivity index (χ2n) is 4.37. The lowest BCUT2D eigenvalue weighted by molar-refractivity contribution is 0.351. The monoisotopic (exact) mass is 373 g/mol. The summed E-state index contributed by atoms with van der Waals surface area (Å²) in [6.45, 7) is 0. The molecule has 0 saturated heterocycles. The molecule has 112 valence electrons. The molecule has 3 nitrogen and oxygen atoms in total. The average molecular weight is 375 g/mol. The molecule has 0 saturated carbocycles. The quantitative estimate of drug-likeness (QED) is 0.867. The zero-order valence-electron chi connectivity index (χ0n) is 11.5. The van der Waals surface area contributed by atoms with Crippen molar-refractivity contribution in [3.05, 3.63) is 56.8 Å². The summed E-state index contributed by atoms with van der Waals surface area (Å²) in [7, 11) is 2.93. The van der Waals surface area contributed by atoms with Crippen molar-refractivity contribution in [2.75, 3.05) is 14.2 Å². The smallest absolute Gasteiger partial charge is 0.163 e. The van der Waals surface area contributed by atoms with Crippen molar-refractivity contribution in [2.24, 2.45) is 5.73 Å². The third kappa shape index (κ3) is 3.31. The van der Waals surface area contributed by atoms with E-state index in [2.05, 4.69) is 15.9 Å². The van der Waals surface area contributed by atoms with E-state index in [1.807, 2.05) is 0 Å². The molecule has 21 heavy (non-hydrogen) atoms. The number of benzene rings is 2. The van der Waals surface area contributed by atoms with Crippen LogP contribution < -0.4 is 15.2 Å². The van der Waals surface area contributed by atoms with Crippen molar-refractivity contribution in [3.63, 3.8) is 0 Å². The Balaban J connectivity index is 2.50. The van der Waals surface area contributed by atoms with Crippen LogP contribution in [-0.4, -0.2) is 14.2 Å². The number of rotatable bonds is 4. The summed E-state index contributed by atoms with van der Waals surface area (Å²) in [5.74, 6) is 0.254. The highest BCUT2D eigenvalue weighted by Gasteiger charge is 2.20. The van der Waals surface area contributed by atoms with E-state index in [9.17, 15) is 4.39 Å². The van der Waals surface area contributed by atoms with Gasteiger partial charge in [0.15, 0.2) is 11.5 Å². The van der Waals surface area contributed by atoms with Crippen LogP contribution in [-0.2, 0) is 0 Å². The first-order valence-corrected chi connectivity index (χ1v) is 7.27. The predicted molar refractivity (Wildman–Crippen MR) is 84.7 cm³/mol. The average Bonchev–Trinajstić information content (AvgIpc) is 2.46. The summed E-state index contributed by atoms with van der Waals surface area (Å²) < 4.78 is 25.3. The largest absolute Gasteiger partial charge is 0.493 e. The van der Waals surface area contributed by atoms with Gasteiger partial charge in [-0.25, -0.2) is 4.39 Å². The second-order valence-corrected chi connectivity index (χ2v) is 5.70. The van der Waals surface area contributed by atoms with Gasteiger partial charge < -0.3 is 15.2 Å². The van der Waals surface area contributed by atoms with Gasteiger partial charge in [0.1, 0.15) is 5.82 Å². The molecule has 0 aromatic heterocycles. The third-order valence-electron chi connectivity index (χ3n) is 3.14. The van der Waals surface area contributed by atoms with Crippen LogP contribution in [0.3, 0.4) is 0 Å². The first kappa shape index (κ1) is 16.1. The molecule has 0 fully saturated rings. The summed E-state index contributed by atoms with van der Waals surface area (Å²) in [6.07, 6.45) is 0. The molecule has 6 heteroatoms. The summed E-state index contributed by atoms with van der Waals surface area (Å²) in [6, 6.07) is 7.35. The highest BCUT2D eigenvalue weighted by Crippen LogP contribution is 2.35. The maximum Gasteiger partial charge on any atom is 0.163 e. The highest BCUT2D eigenvalue weighted by atomic mass is 79.9. The lowest BCUT2D eigenvalue weighted by Crippen LogP contribution is -2.14. The van der Waals surface area contributed by atoms with Gasteiger partial charge in [0, 0.05) is 21.1 Å². The van der Waals surface area contributed by atoms with E-state index in [0.29, 0.717) is 22.1 Å². The van der Waals surface area contributed by atoms with E-state index in [-0.39, 0.29) is 5.56 Å². The van der Waals surface area contributed by atoms with Crippen LogP contribution in [0.5, 0.6) is 11.5 Å². The van der Waals surface area contributed by atoms with Crippen LogP contribution in [0.15, 0.2) is 34.8 Å². The van der Waals surface area contributed by atoms with E-state index in [1.54, 1.807) is 18.2 Å². The number of methoxy groups -OCH3 is 2. The molecule has 0 bridgehead atoms. The van der Waals surface area contributed by atoms with Crippen LogP contribution in [0.2, 0.25) is 5.02 Å². The van der Waals surface area contributed by atoms with Crippen LogP contribution >= 0.6 is 27.5 Å². The predicted octanol–water partition coefficient (Wildman–Crippen LogP) is 4.31. The molecule has 1 atom stereocenters. The number of nitrogens with two attached hydrogens (primary N) is 1. The number of hydrogen-bond donors (Lipinski definition) is 1. The van der Waals surface area contributed by atoms with Crippen molar-refractivity contribution in [1.82, 2.24) is 0 Å². The summed E-state index contributed by atoms with van der Waals surface area (Å²) in [5.41, 5.74) is 7.07. The van der Waals surface area contributed by atoms with Crippen molar-refractivity contribution >= 4 is 27.5 Å². The van der Waals surface area contributed by atoms with Crippen molar-refractivity contribution < 1.29 is 13.9 Å². The lowest BCUT2D eigenvalue weighted by Gasteiger charge is -2.17. The summed E-state index contributed by atoms with van der Waals surface area (Å²) in [4.78, 5) is 0. The van der Waals surface area contributed by atoms with Crippen LogP contribution in [0, 0.1) is 5.82 Å². The van der Waals surface area contributed by atoms with E-state index in [0.717, 1.165) is 4.47 Å². The molecule has 2 aromatic rings. The van der Waals surface area contributed by atoms with E-state index in [4.69, 9.17) is 26.8 Å². The Morgan fingerprint density at radius 1 is 1.10 bits per heavy atom. The molecule has 0 aliphatic carbocycles. The van der Waals surface area contributed by atoms with E-state index < -0.39 is 11.9 Å². The first-order chi connectivity index (χ1) is 9.97. The Labute approximate surface area is 135 Å². The minimum atomic E-state index is -0.703. The van der Waals surface area contributed by atoms with Gasteiger partial charge in [0.05, 0.1) is 20.3 Å². The highest BCUT2D eigenvalue weighted by molar-refractivity contribution is 9.10. The number of hydrogen-bond acceptors (Lipinski definition) is 3. The topological polar surface area (TPSA) is 44.5 Å². The molecule has 0 aliphatic rings. The normalized spacial score (nSPS) is 12.1. The Bertz CT molecular complexity index is 666. The first-order valence-electron chi connectivity index (χ1n) is 6.10. The molecule has 0 radical (unpaired) electrons. The van der Waals surface area contributed by atoms with Gasteiger partial charge in [-0.1, -0.05) is 33.6 Å². The van der Waals surface area contributed by atoms with Crippen molar-refractivity contribution in [1.29, 1.82) is 0 Å². The molecule has 0 amide bonds. The van der Waals surface area contributed by atoms with Crippen LogP contribution in [0.1, 0.15) is 17.2 Å². The summed E-state index contributed by atoms with van der Waals surface area (Å²) >= 11 is 9.49. The molecule has 1 unspecified atom stereocenters. The fourth-order valence-electron chi connectivity index (χ4n) is 2.03. The third-order valence-corrected chi connectivity index (χ3v) is 3.96. The number of halogens is 3. The van der Waals surface area contributed by atoms with Gasteiger partial charge >= 0.3 is 0 Å². The van der Waals surface area contributed by atoms with Gasteiger partial charge in [0.25, 0.3) is 0 Å². The molecular weight excluding hydrogens is 361 g/mol. The fraction of sp³-hybridized carbons (Fsp3) is 0.200. The van der Waals surface area contributed by atoms with Crippen molar-refractivity contribution in [2.45, 2.75) is 6.04 Å². The van der Waals surface area contributed by atoms with E-state index in [1.165, 1.54) is 26.4 Å². The standard InChI is InChI=1S/C15H14BrClFNO2/c1-20-13-6-10(12(18)7-14(13)21-2)15(19)9-4-3-8(16)5-11(9)17/h3-7,15H,19H2,1-2H3. The van der Waals surface area contributed by atoms with Crippen LogP contribution in [0.4, 0.5) is 4.39 Å². The minimum absolute atomic E-state index is 0.289. The Hall–Kier alpha value is -1.30. The Morgan fingerprint density at radius 3 is 2.29 bits per heavy atom. The zero-order valence-corrected chi connectivity index (χ0v) is 13.8. The molecule has 0 aliphatic heterocycles. The lowest BCUT2D eigenvalue weighted by atomic mass is 9.98. The molecule has 2 N–H and O–H groups in total. The van der Waals surface area contributed by atoms with Gasteiger partial charge in [-0.2, -0.15) is 0 Å². The van der Waals surface area contributed by atoms with Gasteiger partial charge in [-0.3, -0.25) is 0 Å². The Kier molecular flexibility index (Phi) is 5.08. The van der Waals surface area contributed by atoms with Crippen molar-refractivity contribution in [3.8, 4) is 11.5 Å². The molecule has 0 heterocycles. The summed E-state index contributed by atoms with van der Waals surface area (Å²) in [5, 5.41) is 0.464. The molecule has 2 rings (SSSR count). The maximum absolute atomic E-state index is 14.2. The van der Waals surface area contributed by atoms with Gasteiger partial charge in [0.2, 0.25) is 0 Å². The van der Waals surface area contributed by atoms with Crippen LogP contribution in [0.25, 0.3) is 0 Å². The molecule has 0 spiro atoms. The molecule has 2 aromatic carbocycles.